The lowest BCUT2D eigenvalue weighted by atomic mass is 9.58. The molecule has 8 saturated carbocycles. The zero-order chi connectivity index (χ0) is 94.8. The maximum Gasteiger partial charge on any atom is 0.271 e. The Balaban J connectivity index is 0.000000107. The van der Waals surface area contributed by atoms with Gasteiger partial charge in [0.15, 0.2) is 23.3 Å². The van der Waals surface area contributed by atoms with Gasteiger partial charge in [-0.05, 0) is 230 Å². The molecule has 0 radical (unpaired) electrons. The van der Waals surface area contributed by atoms with Gasteiger partial charge in [0.25, 0.3) is 11.8 Å². The molecule has 0 spiro atoms. The molecule has 8 atom stereocenters. The first-order valence-electron chi connectivity index (χ1n) is 48.4. The zero-order valence-electron chi connectivity index (χ0n) is 77.8. The van der Waals surface area contributed by atoms with Gasteiger partial charge in [-0.15, -0.1) is 11.3 Å². The molecular formula is C104H107F4N27O3S. The van der Waals surface area contributed by atoms with Crippen LogP contribution in [-0.4, -0.2) is 157 Å². The number of amides is 2. The van der Waals surface area contributed by atoms with Crippen molar-refractivity contribution in [3.63, 3.8) is 0 Å². The Kier molecular flexibility index (Phi) is 24.7. The van der Waals surface area contributed by atoms with Gasteiger partial charge in [-0.2, -0.15) is 10.2 Å². The molecule has 17 aromatic heterocycles. The largest absolute Gasteiger partial charge is 0.395 e. The van der Waals surface area contributed by atoms with Gasteiger partial charge in [0, 0.05) is 161 Å². The summed E-state index contributed by atoms with van der Waals surface area (Å²) in [6.45, 7) is 8.50. The molecule has 35 heteroatoms. The fourth-order valence-electron chi connectivity index (χ4n) is 23.0. The Hall–Kier alpha value is -14.4. The third-order valence-electron chi connectivity index (χ3n) is 30.2. The second-order valence-corrected chi connectivity index (χ2v) is 39.7. The minimum absolute atomic E-state index is 0.0423. The number of aromatic nitrogens is 21. The van der Waals surface area contributed by atoms with Crippen molar-refractivity contribution in [3.05, 3.63) is 221 Å². The molecule has 9 aliphatic rings. The minimum Gasteiger partial charge on any atom is -0.395 e. The maximum atomic E-state index is 14.1. The second-order valence-electron chi connectivity index (χ2n) is 38.7. The molecule has 8 fully saturated rings. The van der Waals surface area contributed by atoms with Gasteiger partial charge in [0.1, 0.15) is 91.5 Å². The van der Waals surface area contributed by atoms with E-state index < -0.39 is 11.6 Å². The lowest BCUT2D eigenvalue weighted by Gasteiger charge is -2.47. The van der Waals surface area contributed by atoms with Crippen LogP contribution in [0.1, 0.15) is 149 Å². The third-order valence-corrected chi connectivity index (χ3v) is 31.0. The van der Waals surface area contributed by atoms with Gasteiger partial charge in [-0.25, -0.2) is 82.4 Å². The molecule has 18 heterocycles. The van der Waals surface area contributed by atoms with Crippen LogP contribution in [0, 0.1) is 77.5 Å². The quantitative estimate of drug-likeness (QED) is 0.0320. The number of nitrogens with one attached hydrogen (secondary N) is 8. The lowest BCUT2D eigenvalue weighted by Crippen LogP contribution is -2.42. The number of carbonyl (C=O) groups is 2. The maximum absolute atomic E-state index is 14.1. The summed E-state index contributed by atoms with van der Waals surface area (Å²) in [6.07, 6.45) is 41.8. The van der Waals surface area contributed by atoms with Gasteiger partial charge < -0.3 is 64.6 Å². The summed E-state index contributed by atoms with van der Waals surface area (Å²) >= 11 is 1.47. The van der Waals surface area contributed by atoms with Crippen molar-refractivity contribution < 1.29 is 32.3 Å². The number of fused-ring (bicyclic) bond motifs is 14. The Morgan fingerprint density at radius 3 is 1.29 bits per heavy atom. The number of aromatic amines is 4. The van der Waals surface area contributed by atoms with E-state index >= 15 is 0 Å². The number of azo groups is 1. The third kappa shape index (κ3) is 18.2. The topological polar surface area (TPSA) is 378 Å². The molecule has 8 aliphatic carbocycles. The van der Waals surface area contributed by atoms with Crippen molar-refractivity contribution in [2.75, 3.05) is 23.8 Å². The summed E-state index contributed by atoms with van der Waals surface area (Å²) in [5.41, 5.74) is 12.9. The van der Waals surface area contributed by atoms with Gasteiger partial charge in [-0.3, -0.25) is 9.59 Å². The molecular weight excluding hydrogens is 1780 g/mol. The molecule has 710 valence electrons. The number of H-pyrrole nitrogens is 4. The molecule has 9 N–H and O–H groups in total. The number of carbonyl (C=O) groups excluding carboxylic acids is 2. The summed E-state index contributed by atoms with van der Waals surface area (Å²) in [6, 6.07) is 24.9. The van der Waals surface area contributed by atoms with Crippen LogP contribution in [0.2, 0.25) is 0 Å². The van der Waals surface area contributed by atoms with E-state index in [0.29, 0.717) is 127 Å². The number of aryl methyl sites for hydroxylation is 3. The van der Waals surface area contributed by atoms with Crippen LogP contribution < -0.4 is 21.3 Å². The highest BCUT2D eigenvalue weighted by Gasteiger charge is 2.44. The number of benzene rings is 1. The number of anilines is 2. The van der Waals surface area contributed by atoms with Crippen LogP contribution in [0.3, 0.4) is 0 Å². The number of aliphatic hydroxyl groups is 1. The summed E-state index contributed by atoms with van der Waals surface area (Å²) < 4.78 is 64.0. The lowest BCUT2D eigenvalue weighted by molar-refractivity contribution is -0.118. The van der Waals surface area contributed by atoms with E-state index in [2.05, 4.69) is 137 Å². The number of rotatable bonds is 20. The first kappa shape index (κ1) is 89.8. The number of hydrogen-bond donors (Lipinski definition) is 9. The SMILES string of the molecule is CC1C2CCC(CC2)C1Cc1nc(-c2c[nH]c3ncc(F)cc23)nc2c1ccn2CCO.CC1C2CCC(CC2)C1Cc1nc(-c2c[nH]c3ncc(F)cc23)nc2c1ccn2Cc1ccccc1.Cc1nc(C(=O)NC2CCCC(Nc3nc(-c4c[nH]c5ncc(F)cc45)nc4c3ccn4C)C2)cs1.Cn1ccc2c(NC3CCCC(NC(=O)C4=CCN=N4)C3)nc(-c3c[nH]c4ncc(F)cc34)nc21. The number of nitrogens with zero attached hydrogens (tertiary/aromatic N) is 19. The van der Waals surface area contributed by atoms with Gasteiger partial charge in [0.2, 0.25) is 0 Å². The summed E-state index contributed by atoms with van der Waals surface area (Å²) in [4.78, 5) is 97.8. The van der Waals surface area contributed by atoms with Crippen molar-refractivity contribution in [1.82, 2.24) is 114 Å². The molecule has 8 unspecified atom stereocenters. The number of pyridine rings is 4. The first-order valence-corrected chi connectivity index (χ1v) is 49.3. The zero-order valence-corrected chi connectivity index (χ0v) is 78.6. The minimum atomic E-state index is -0.415. The van der Waals surface area contributed by atoms with E-state index in [1.54, 1.807) is 23.8 Å². The Labute approximate surface area is 800 Å². The van der Waals surface area contributed by atoms with E-state index in [1.165, 1.54) is 117 Å². The van der Waals surface area contributed by atoms with Crippen LogP contribution in [-0.2, 0) is 44.8 Å². The molecule has 139 heavy (non-hydrogen) atoms. The predicted octanol–water partition coefficient (Wildman–Crippen LogP) is 19.9. The first-order chi connectivity index (χ1) is 67.7. The number of halogens is 4. The average Bonchev–Trinajstić information content (AvgIpc) is 1.61. The van der Waals surface area contributed by atoms with Gasteiger partial charge >= 0.3 is 0 Å². The van der Waals surface area contributed by atoms with Crippen molar-refractivity contribution in [2.24, 2.45) is 71.7 Å². The smallest absolute Gasteiger partial charge is 0.271 e. The normalized spacial score (nSPS) is 21.6. The van der Waals surface area contributed by atoms with Crippen LogP contribution in [0.4, 0.5) is 29.2 Å². The summed E-state index contributed by atoms with van der Waals surface area (Å²) in [5.74, 6) is 7.74. The highest BCUT2D eigenvalue weighted by Crippen LogP contribution is 2.52. The van der Waals surface area contributed by atoms with Crippen LogP contribution in [0.15, 0.2) is 181 Å². The molecule has 2 amide bonds. The molecule has 30 nitrogen and oxygen atoms in total. The van der Waals surface area contributed by atoms with Crippen molar-refractivity contribution in [2.45, 2.75) is 174 Å². The van der Waals surface area contributed by atoms with Crippen molar-refractivity contribution in [1.29, 1.82) is 0 Å². The van der Waals surface area contributed by atoms with Crippen LogP contribution in [0.5, 0.6) is 0 Å². The van der Waals surface area contributed by atoms with Gasteiger partial charge in [0.05, 0.1) is 65.1 Å². The molecule has 1 aromatic carbocycles. The molecule has 4 bridgehead atoms. The van der Waals surface area contributed by atoms with E-state index in [1.807, 2.05) is 83.9 Å². The molecule has 18 aromatic rings. The number of thiazole rings is 1. The van der Waals surface area contributed by atoms with E-state index in [9.17, 15) is 32.3 Å². The Morgan fingerprint density at radius 1 is 0.460 bits per heavy atom. The van der Waals surface area contributed by atoms with Crippen molar-refractivity contribution in [3.8, 4) is 45.6 Å². The van der Waals surface area contributed by atoms with E-state index in [4.69, 9.17) is 39.9 Å². The van der Waals surface area contributed by atoms with Crippen molar-refractivity contribution >= 4 is 123 Å². The average molecular weight is 1890 g/mol. The second kappa shape index (κ2) is 38.2. The fourth-order valence-corrected chi connectivity index (χ4v) is 23.6. The standard InChI is InChI=1S/C30H30FN5.C25H25FN8OS.C25H28FN5O.C24H24FN9O/c1-18-20-7-9-21(10-8-20)24(18)14-27-23-11-12-36(17-19-5-3-2-4-6-19)30(23)35-29(34-27)26-16-33-28-25(26)13-22(31)15-32-28;1-13-29-20(12-36-13)25(35)31-16-5-3-4-15(9-16)30-22-17-6-7-34(2)24(17)33-23(32-22)19-11-28-21-18(19)8-14(26)10-27-21;1-14-15-2-4-16(5-3-15)19(14)11-22-18-6-7-31(8-9-32)25(18)30-24(29-22)21-13-28-23-20(21)10-17(26)12-27-23;1-34-8-6-16-21(29-14-3-2-4-15(10-14)30-24(35)19-5-7-28-33-19)31-22(32-23(16)34)18-12-27-20-17(18)9-13(25)11-26-20/h2-6,11-13,15-16,18,20-21,24H,7-10,14,17H2,1H3,(H,32,33);6-8,10-12,15-16H,3-5,9H2,1-2H3,(H,27,28)(H,31,35)(H,30,32,33);6-7,10,12-16,19,32H,2-5,8-9,11H2,1H3,(H,27,28);5-6,8-9,11-12,14-15H,2-4,7,10H2,1H3,(H,26,27)(H,30,35)(H,29,31,32). The highest BCUT2D eigenvalue weighted by molar-refractivity contribution is 7.09. The summed E-state index contributed by atoms with van der Waals surface area (Å²) in [7, 11) is 3.87. The van der Waals surface area contributed by atoms with Crippen LogP contribution >= 0.6 is 11.3 Å². The van der Waals surface area contributed by atoms with E-state index in [-0.39, 0.29) is 54.2 Å². The van der Waals surface area contributed by atoms with Crippen LogP contribution in [0.25, 0.3) is 134 Å². The van der Waals surface area contributed by atoms with E-state index in [0.717, 1.165) is 178 Å². The number of hydrogen-bond acceptors (Lipinski definition) is 21. The summed E-state index contributed by atoms with van der Waals surface area (Å²) in [5, 5.41) is 40.1. The Morgan fingerprint density at radius 2 is 0.871 bits per heavy atom. The molecule has 0 saturated heterocycles. The monoisotopic (exact) mass is 1890 g/mol. The molecule has 27 rings (SSSR count). The van der Waals surface area contributed by atoms with Gasteiger partial charge in [-0.1, -0.05) is 44.2 Å². The predicted molar refractivity (Wildman–Crippen MR) is 528 cm³/mol. The number of aliphatic hydroxyl groups excluding tert-OH is 1. The fraction of sp³-hybridized carbons (Fsp3) is 0.375. The highest BCUT2D eigenvalue weighted by atomic mass is 32.1. The Bertz CT molecular complexity index is 7710. The molecule has 1 aliphatic heterocycles.